The molecule has 1 amide bonds. The molecule has 7 heteroatoms. The number of amides is 1. The molecule has 6 nitrogen and oxygen atoms in total. The van der Waals surface area contributed by atoms with Crippen molar-refractivity contribution in [3.8, 4) is 0 Å². The highest BCUT2D eigenvalue weighted by molar-refractivity contribution is 7.89. The lowest BCUT2D eigenvalue weighted by Gasteiger charge is -2.24. The van der Waals surface area contributed by atoms with E-state index in [1.165, 1.54) is 31.4 Å². The molecule has 2 aliphatic heterocycles. The molecule has 0 bridgehead atoms. The summed E-state index contributed by atoms with van der Waals surface area (Å²) in [5.74, 6) is -0.398. The van der Waals surface area contributed by atoms with Gasteiger partial charge in [-0.2, -0.15) is 0 Å². The summed E-state index contributed by atoms with van der Waals surface area (Å²) in [5, 5.41) is 5.10. The van der Waals surface area contributed by atoms with Crippen molar-refractivity contribution in [2.24, 2.45) is 11.1 Å². The first-order valence-corrected chi connectivity index (χ1v) is 10.3. The Bertz CT molecular complexity index is 680. The second kappa shape index (κ2) is 7.11. The number of primary sulfonamides is 1. The van der Waals surface area contributed by atoms with Crippen LogP contribution in [0.15, 0.2) is 24.3 Å². The molecule has 2 fully saturated rings. The maximum Gasteiger partial charge on any atom is 0.227 e. The molecule has 1 unspecified atom stereocenters. The van der Waals surface area contributed by atoms with Crippen LogP contribution in [0.3, 0.4) is 0 Å². The Balaban J connectivity index is 1.68. The molecule has 2 N–H and O–H groups in total. The smallest absolute Gasteiger partial charge is 0.227 e. The molecule has 0 radical (unpaired) electrons. The Morgan fingerprint density at radius 2 is 1.58 bits per heavy atom. The van der Waals surface area contributed by atoms with Gasteiger partial charge >= 0.3 is 0 Å². The SMILES string of the molecule is NS(=O)(=O)CC1CC(=O)N(c2ccc(N3CCCCCC3)cc2)C1. The van der Waals surface area contributed by atoms with Crippen molar-refractivity contribution in [1.29, 1.82) is 0 Å². The zero-order valence-electron chi connectivity index (χ0n) is 13.9. The number of rotatable bonds is 4. The average molecular weight is 351 g/mol. The van der Waals surface area contributed by atoms with Crippen molar-refractivity contribution >= 4 is 27.3 Å². The van der Waals surface area contributed by atoms with Gasteiger partial charge in [0, 0.05) is 43.3 Å². The maximum atomic E-state index is 12.2. The summed E-state index contributed by atoms with van der Waals surface area (Å²) in [6, 6.07) is 8.02. The summed E-state index contributed by atoms with van der Waals surface area (Å²) in [4.78, 5) is 16.2. The zero-order valence-corrected chi connectivity index (χ0v) is 14.7. The largest absolute Gasteiger partial charge is 0.372 e. The third-order valence-corrected chi connectivity index (χ3v) is 5.74. The van der Waals surface area contributed by atoms with E-state index >= 15 is 0 Å². The minimum atomic E-state index is -3.55. The molecule has 1 aromatic carbocycles. The van der Waals surface area contributed by atoms with E-state index in [-0.39, 0.29) is 24.0 Å². The molecular formula is C17H25N3O3S. The maximum absolute atomic E-state index is 12.2. The van der Waals surface area contributed by atoms with Gasteiger partial charge in [-0.3, -0.25) is 4.79 Å². The molecule has 132 valence electrons. The van der Waals surface area contributed by atoms with E-state index in [1.807, 2.05) is 12.1 Å². The lowest BCUT2D eigenvalue weighted by molar-refractivity contribution is -0.117. The number of benzene rings is 1. The van der Waals surface area contributed by atoms with Crippen LogP contribution in [-0.4, -0.2) is 39.7 Å². The summed E-state index contributed by atoms with van der Waals surface area (Å²) in [6.45, 7) is 2.58. The first-order valence-electron chi connectivity index (χ1n) is 8.58. The molecule has 0 spiro atoms. The molecule has 0 aromatic heterocycles. The highest BCUT2D eigenvalue weighted by Gasteiger charge is 2.32. The van der Waals surface area contributed by atoms with E-state index in [4.69, 9.17) is 5.14 Å². The summed E-state index contributed by atoms with van der Waals surface area (Å²) < 4.78 is 22.5. The molecule has 2 heterocycles. The highest BCUT2D eigenvalue weighted by Crippen LogP contribution is 2.28. The number of anilines is 2. The minimum absolute atomic E-state index is 0.0360. The average Bonchev–Trinajstić information content (AvgIpc) is 2.74. The molecule has 2 aliphatic rings. The molecule has 3 rings (SSSR count). The van der Waals surface area contributed by atoms with Crippen LogP contribution in [0.4, 0.5) is 11.4 Å². The summed E-state index contributed by atoms with van der Waals surface area (Å²) in [5.41, 5.74) is 2.02. The van der Waals surface area contributed by atoms with Crippen LogP contribution in [0.25, 0.3) is 0 Å². The summed E-state index contributed by atoms with van der Waals surface area (Å²) in [7, 11) is -3.55. The number of hydrogen-bond donors (Lipinski definition) is 1. The molecule has 1 atom stereocenters. The van der Waals surface area contributed by atoms with Crippen molar-refractivity contribution in [1.82, 2.24) is 0 Å². The third-order valence-electron chi connectivity index (χ3n) is 4.81. The number of carbonyl (C=O) groups excluding carboxylic acids is 1. The Hall–Kier alpha value is -1.60. The van der Waals surface area contributed by atoms with Gasteiger partial charge < -0.3 is 9.80 Å². The molecule has 24 heavy (non-hydrogen) atoms. The lowest BCUT2D eigenvalue weighted by atomic mass is 10.1. The first kappa shape index (κ1) is 17.2. The molecule has 2 saturated heterocycles. The second-order valence-corrected chi connectivity index (χ2v) is 8.48. The fourth-order valence-corrected chi connectivity index (χ4v) is 4.52. The second-order valence-electron chi connectivity index (χ2n) is 6.82. The van der Waals surface area contributed by atoms with Crippen LogP contribution in [0.1, 0.15) is 32.1 Å². The molecule has 0 aliphatic carbocycles. The van der Waals surface area contributed by atoms with Crippen LogP contribution < -0.4 is 14.9 Å². The van der Waals surface area contributed by atoms with Crippen LogP contribution in [0, 0.1) is 5.92 Å². The number of hydrogen-bond acceptors (Lipinski definition) is 4. The van der Waals surface area contributed by atoms with Gasteiger partial charge in [0.05, 0.1) is 5.75 Å². The monoisotopic (exact) mass is 351 g/mol. The van der Waals surface area contributed by atoms with Crippen molar-refractivity contribution in [2.45, 2.75) is 32.1 Å². The quantitative estimate of drug-likeness (QED) is 0.895. The molecule has 1 aromatic rings. The Kier molecular flexibility index (Phi) is 5.10. The van der Waals surface area contributed by atoms with E-state index in [0.717, 1.165) is 18.8 Å². The zero-order chi connectivity index (χ0) is 17.2. The number of carbonyl (C=O) groups is 1. The predicted octanol–water partition coefficient (Wildman–Crippen LogP) is 1.71. The topological polar surface area (TPSA) is 83.7 Å². The van der Waals surface area contributed by atoms with E-state index in [1.54, 1.807) is 4.90 Å². The fourth-order valence-electron chi connectivity index (χ4n) is 3.64. The first-order chi connectivity index (χ1) is 11.4. The Morgan fingerprint density at radius 1 is 1.00 bits per heavy atom. The van der Waals surface area contributed by atoms with Crippen molar-refractivity contribution in [3.63, 3.8) is 0 Å². The van der Waals surface area contributed by atoms with Gasteiger partial charge in [-0.15, -0.1) is 0 Å². The van der Waals surface area contributed by atoms with E-state index in [2.05, 4.69) is 17.0 Å². The summed E-state index contributed by atoms with van der Waals surface area (Å²) in [6.07, 6.45) is 5.28. The van der Waals surface area contributed by atoms with Gasteiger partial charge in [0.1, 0.15) is 0 Å². The van der Waals surface area contributed by atoms with Gasteiger partial charge in [-0.25, -0.2) is 13.6 Å². The van der Waals surface area contributed by atoms with E-state index in [0.29, 0.717) is 6.54 Å². The van der Waals surface area contributed by atoms with Crippen LogP contribution in [0.2, 0.25) is 0 Å². The third kappa shape index (κ3) is 4.27. The van der Waals surface area contributed by atoms with Crippen LogP contribution >= 0.6 is 0 Å². The normalized spacial score (nSPS) is 22.7. The predicted molar refractivity (Wildman–Crippen MR) is 95.6 cm³/mol. The van der Waals surface area contributed by atoms with E-state index in [9.17, 15) is 13.2 Å². The van der Waals surface area contributed by atoms with Gasteiger partial charge in [0.25, 0.3) is 0 Å². The van der Waals surface area contributed by atoms with Crippen LogP contribution in [-0.2, 0) is 14.8 Å². The van der Waals surface area contributed by atoms with Gasteiger partial charge in [0.15, 0.2) is 0 Å². The Morgan fingerprint density at radius 3 is 2.17 bits per heavy atom. The molecule has 0 saturated carbocycles. The number of nitrogens with zero attached hydrogens (tertiary/aromatic N) is 2. The van der Waals surface area contributed by atoms with Gasteiger partial charge in [0.2, 0.25) is 15.9 Å². The van der Waals surface area contributed by atoms with Gasteiger partial charge in [-0.1, -0.05) is 12.8 Å². The Labute approximate surface area is 143 Å². The van der Waals surface area contributed by atoms with Crippen molar-refractivity contribution in [2.75, 3.05) is 35.2 Å². The summed E-state index contributed by atoms with van der Waals surface area (Å²) >= 11 is 0. The number of nitrogens with two attached hydrogens (primary N) is 1. The lowest BCUT2D eigenvalue weighted by Crippen LogP contribution is -2.27. The number of sulfonamides is 1. The van der Waals surface area contributed by atoms with Crippen LogP contribution in [0.5, 0.6) is 0 Å². The highest BCUT2D eigenvalue weighted by atomic mass is 32.2. The standard InChI is InChI=1S/C17H25N3O3S/c18-24(22,23)13-14-11-17(21)20(12-14)16-7-5-15(6-8-16)19-9-3-1-2-4-10-19/h5-8,14H,1-4,9-13H2,(H2,18,22,23). The minimum Gasteiger partial charge on any atom is -0.372 e. The van der Waals surface area contributed by atoms with Gasteiger partial charge in [-0.05, 0) is 37.1 Å². The fraction of sp³-hybridized carbons (Fsp3) is 0.588. The van der Waals surface area contributed by atoms with E-state index < -0.39 is 10.0 Å². The van der Waals surface area contributed by atoms with Crippen molar-refractivity contribution in [3.05, 3.63) is 24.3 Å². The van der Waals surface area contributed by atoms with Crippen molar-refractivity contribution < 1.29 is 13.2 Å². The molecular weight excluding hydrogens is 326 g/mol.